The van der Waals surface area contributed by atoms with E-state index in [-0.39, 0.29) is 0 Å². The number of para-hydroxylation sites is 1. The first-order valence-corrected chi connectivity index (χ1v) is 12.9. The van der Waals surface area contributed by atoms with Crippen molar-refractivity contribution in [3.63, 3.8) is 0 Å². The third-order valence-corrected chi connectivity index (χ3v) is 7.47. The Hall–Kier alpha value is -4.33. The van der Waals surface area contributed by atoms with Gasteiger partial charge in [-0.1, -0.05) is 83.6 Å². The zero-order valence-corrected chi connectivity index (χ0v) is 20.9. The van der Waals surface area contributed by atoms with E-state index in [4.69, 9.17) is 26.1 Å². The van der Waals surface area contributed by atoms with Crippen LogP contribution in [0.5, 0.6) is 0 Å². The van der Waals surface area contributed by atoms with E-state index < -0.39 is 0 Å². The lowest BCUT2D eigenvalue weighted by Crippen LogP contribution is -1.98. The van der Waals surface area contributed by atoms with Crippen LogP contribution in [-0.4, -0.2) is 24.8 Å². The second-order valence-corrected chi connectivity index (χ2v) is 9.96. The van der Waals surface area contributed by atoms with Gasteiger partial charge in [-0.3, -0.25) is 0 Å². The summed E-state index contributed by atoms with van der Waals surface area (Å²) in [6.07, 6.45) is 0.657. The molecule has 4 heterocycles. The van der Waals surface area contributed by atoms with Gasteiger partial charge in [0.25, 0.3) is 0 Å². The van der Waals surface area contributed by atoms with Crippen molar-refractivity contribution in [3.8, 4) is 33.3 Å². The lowest BCUT2D eigenvalue weighted by molar-refractivity contribution is 0.595. The van der Waals surface area contributed by atoms with E-state index in [1.165, 1.54) is 11.3 Å². The molecule has 0 radical (unpaired) electrons. The van der Waals surface area contributed by atoms with Gasteiger partial charge >= 0.3 is 0 Å². The summed E-state index contributed by atoms with van der Waals surface area (Å²) >= 11 is 7.90. The molecule has 8 heteroatoms. The average molecular weight is 520 g/mol. The van der Waals surface area contributed by atoms with Crippen LogP contribution in [0.15, 0.2) is 101 Å². The molecule has 6 nitrogen and oxygen atoms in total. The summed E-state index contributed by atoms with van der Waals surface area (Å²) < 4.78 is 8.05. The fourth-order valence-electron chi connectivity index (χ4n) is 4.41. The highest BCUT2D eigenvalue weighted by Gasteiger charge is 2.18. The molecule has 0 atom stereocenters. The molecular formula is C29H18ClN5OS. The van der Waals surface area contributed by atoms with Crippen LogP contribution >= 0.6 is 22.9 Å². The van der Waals surface area contributed by atoms with E-state index in [9.17, 15) is 0 Å². The molecule has 0 fully saturated rings. The molecule has 0 N–H and O–H groups in total. The lowest BCUT2D eigenvalue weighted by Gasteiger charge is -2.06. The fourth-order valence-corrected chi connectivity index (χ4v) is 5.53. The molecule has 178 valence electrons. The van der Waals surface area contributed by atoms with Crippen molar-refractivity contribution in [2.24, 2.45) is 0 Å². The van der Waals surface area contributed by atoms with Crippen molar-refractivity contribution in [2.75, 3.05) is 0 Å². The second kappa shape index (κ2) is 8.96. The minimum Gasteiger partial charge on any atom is -0.454 e. The number of hydrogen-bond donors (Lipinski definition) is 0. The Morgan fingerprint density at radius 1 is 0.784 bits per heavy atom. The Bertz CT molecular complexity index is 1890. The second-order valence-electron chi connectivity index (χ2n) is 8.60. The lowest BCUT2D eigenvalue weighted by atomic mass is 10.1. The molecular weight excluding hydrogens is 502 g/mol. The molecule has 0 aliphatic rings. The highest BCUT2D eigenvalue weighted by molar-refractivity contribution is 7.19. The van der Waals surface area contributed by atoms with Crippen LogP contribution in [0.3, 0.4) is 0 Å². The quantitative estimate of drug-likeness (QED) is 0.234. The summed E-state index contributed by atoms with van der Waals surface area (Å²) in [7, 11) is 0. The van der Waals surface area contributed by atoms with Crippen molar-refractivity contribution >= 4 is 38.8 Å². The first-order chi connectivity index (χ1) is 18.2. The molecule has 7 rings (SSSR count). The number of halogens is 1. The van der Waals surface area contributed by atoms with Gasteiger partial charge in [0.05, 0.1) is 10.5 Å². The Morgan fingerprint density at radius 2 is 1.57 bits per heavy atom. The van der Waals surface area contributed by atoms with Crippen LogP contribution in [0.2, 0.25) is 5.02 Å². The first-order valence-electron chi connectivity index (χ1n) is 11.7. The highest BCUT2D eigenvalue weighted by atomic mass is 35.5. The normalized spacial score (nSPS) is 11.5. The number of aromatic nitrogens is 5. The Labute approximate surface area is 220 Å². The molecule has 0 spiro atoms. The van der Waals surface area contributed by atoms with Crippen molar-refractivity contribution in [1.29, 1.82) is 0 Å². The predicted octanol–water partition coefficient (Wildman–Crippen LogP) is 7.57. The zero-order valence-electron chi connectivity index (χ0n) is 19.4. The van der Waals surface area contributed by atoms with Crippen molar-refractivity contribution in [1.82, 2.24) is 24.8 Å². The van der Waals surface area contributed by atoms with Crippen LogP contribution in [0.25, 0.3) is 49.2 Å². The van der Waals surface area contributed by atoms with Crippen molar-refractivity contribution in [3.05, 3.63) is 113 Å². The maximum absolute atomic E-state index is 6.39. The molecule has 4 aromatic heterocycles. The molecule has 37 heavy (non-hydrogen) atoms. The van der Waals surface area contributed by atoms with Gasteiger partial charge in [0.2, 0.25) is 4.96 Å². The maximum atomic E-state index is 6.39. The first kappa shape index (κ1) is 21.9. The molecule has 7 aromatic rings. The SMILES string of the molecule is Clc1ccccc1-c1ccc(-c2cc(-c3nn4c(Cc5ccccc5)nnc4s3)c3ccccc3n2)o1. The van der Waals surface area contributed by atoms with Crippen molar-refractivity contribution < 1.29 is 4.42 Å². The van der Waals surface area contributed by atoms with E-state index in [2.05, 4.69) is 28.4 Å². The summed E-state index contributed by atoms with van der Waals surface area (Å²) in [6.45, 7) is 0. The topological polar surface area (TPSA) is 69.1 Å². The summed E-state index contributed by atoms with van der Waals surface area (Å²) in [5.41, 5.74) is 4.56. The summed E-state index contributed by atoms with van der Waals surface area (Å²) in [5, 5.41) is 16.2. The van der Waals surface area contributed by atoms with Crippen LogP contribution in [0.1, 0.15) is 11.4 Å². The third kappa shape index (κ3) is 3.98. The summed E-state index contributed by atoms with van der Waals surface area (Å²) in [4.78, 5) is 5.64. The number of fused-ring (bicyclic) bond motifs is 2. The van der Waals surface area contributed by atoms with Crippen molar-refractivity contribution in [2.45, 2.75) is 6.42 Å². The van der Waals surface area contributed by atoms with Crippen LogP contribution in [-0.2, 0) is 6.42 Å². The number of rotatable bonds is 5. The predicted molar refractivity (Wildman–Crippen MR) is 147 cm³/mol. The largest absolute Gasteiger partial charge is 0.454 e. The molecule has 0 saturated carbocycles. The summed E-state index contributed by atoms with van der Waals surface area (Å²) in [5.74, 6) is 2.16. The molecule has 0 amide bonds. The average Bonchev–Trinajstić information content (AvgIpc) is 3.67. The zero-order chi connectivity index (χ0) is 24.8. The van der Waals surface area contributed by atoms with Gasteiger partial charge in [-0.2, -0.15) is 9.61 Å². The number of nitrogens with zero attached hydrogens (tertiary/aromatic N) is 5. The number of pyridine rings is 1. The Balaban J connectivity index is 1.33. The molecule has 0 unspecified atom stereocenters. The van der Waals surface area contributed by atoms with Gasteiger partial charge in [0.15, 0.2) is 11.6 Å². The summed E-state index contributed by atoms with van der Waals surface area (Å²) in [6, 6.07) is 31.8. The monoisotopic (exact) mass is 519 g/mol. The van der Waals surface area contributed by atoms with E-state index in [0.717, 1.165) is 49.1 Å². The van der Waals surface area contributed by atoms with Crippen LogP contribution in [0.4, 0.5) is 0 Å². The molecule has 0 aliphatic carbocycles. The van der Waals surface area contributed by atoms with E-state index in [1.807, 2.05) is 83.4 Å². The minimum atomic E-state index is 0.640. The maximum Gasteiger partial charge on any atom is 0.234 e. The third-order valence-electron chi connectivity index (χ3n) is 6.20. The van der Waals surface area contributed by atoms with Gasteiger partial charge < -0.3 is 4.42 Å². The molecule has 0 saturated heterocycles. The van der Waals surface area contributed by atoms with Crippen LogP contribution in [0, 0.1) is 0 Å². The fraction of sp³-hybridized carbons (Fsp3) is 0.0345. The highest BCUT2D eigenvalue weighted by Crippen LogP contribution is 2.37. The van der Waals surface area contributed by atoms with Gasteiger partial charge in [-0.15, -0.1) is 10.2 Å². The molecule has 0 bridgehead atoms. The standard InChI is InChI=1S/C29H18ClN5OS/c30-22-12-6-4-11-20(22)25-14-15-26(36-25)24-17-21(19-10-5-7-13-23(19)31-24)28-34-35-27(32-33-29(35)37-28)16-18-8-2-1-3-9-18/h1-15,17H,16H2. The molecule has 3 aromatic carbocycles. The Morgan fingerprint density at radius 3 is 2.46 bits per heavy atom. The number of benzene rings is 3. The minimum absolute atomic E-state index is 0.640. The number of furan rings is 1. The molecule has 0 aliphatic heterocycles. The van der Waals surface area contributed by atoms with Gasteiger partial charge in [-0.05, 0) is 42.0 Å². The van der Waals surface area contributed by atoms with Gasteiger partial charge in [0.1, 0.15) is 16.5 Å². The van der Waals surface area contributed by atoms with Gasteiger partial charge in [-0.25, -0.2) is 4.98 Å². The van der Waals surface area contributed by atoms with E-state index in [1.54, 1.807) is 0 Å². The van der Waals surface area contributed by atoms with E-state index >= 15 is 0 Å². The Kier molecular flexibility index (Phi) is 5.30. The van der Waals surface area contributed by atoms with Crippen LogP contribution < -0.4 is 0 Å². The smallest absolute Gasteiger partial charge is 0.234 e. The van der Waals surface area contributed by atoms with E-state index in [0.29, 0.717) is 23.0 Å². The number of hydrogen-bond acceptors (Lipinski definition) is 6. The van der Waals surface area contributed by atoms with Gasteiger partial charge in [0, 0.05) is 22.9 Å².